The van der Waals surface area contributed by atoms with Gasteiger partial charge in [-0.3, -0.25) is 9.36 Å². The Kier molecular flexibility index (Phi) is 6.42. The number of rotatable bonds is 5. The zero-order valence-electron chi connectivity index (χ0n) is 13.5. The van der Waals surface area contributed by atoms with Crippen LogP contribution in [0.25, 0.3) is 16.7 Å². The van der Waals surface area contributed by atoms with Crippen LogP contribution in [-0.2, 0) is 4.79 Å². The molecule has 1 aromatic heterocycles. The summed E-state index contributed by atoms with van der Waals surface area (Å²) < 4.78 is 2.04. The number of nitrogens with one attached hydrogen (secondary N) is 2. The zero-order chi connectivity index (χ0) is 15.6. The SMILES string of the molecule is Cl.Cl.O=C(CNC1CC1)Nc1ccc(-n2cnc3ccccc32)cc1. The molecule has 3 aromatic rings. The van der Waals surface area contributed by atoms with E-state index in [4.69, 9.17) is 0 Å². The van der Waals surface area contributed by atoms with E-state index in [9.17, 15) is 4.79 Å². The monoisotopic (exact) mass is 378 g/mol. The van der Waals surface area contributed by atoms with E-state index in [2.05, 4.69) is 15.6 Å². The van der Waals surface area contributed by atoms with Gasteiger partial charge in [-0.15, -0.1) is 24.8 Å². The van der Waals surface area contributed by atoms with Crippen molar-refractivity contribution in [2.24, 2.45) is 0 Å². The molecular weight excluding hydrogens is 359 g/mol. The maximum absolute atomic E-state index is 11.8. The lowest BCUT2D eigenvalue weighted by molar-refractivity contribution is -0.115. The molecule has 0 aliphatic heterocycles. The molecule has 4 rings (SSSR count). The summed E-state index contributed by atoms with van der Waals surface area (Å²) in [6, 6.07) is 16.4. The average molecular weight is 379 g/mol. The van der Waals surface area contributed by atoms with Crippen molar-refractivity contribution in [3.8, 4) is 5.69 Å². The molecule has 1 aliphatic rings. The third kappa shape index (κ3) is 4.51. The number of aromatic nitrogens is 2. The number of hydrogen-bond donors (Lipinski definition) is 2. The van der Waals surface area contributed by atoms with Gasteiger partial charge in [-0.2, -0.15) is 0 Å². The second-order valence-corrected chi connectivity index (χ2v) is 5.85. The molecule has 0 radical (unpaired) electrons. The molecule has 2 N–H and O–H groups in total. The van der Waals surface area contributed by atoms with E-state index in [1.54, 1.807) is 0 Å². The summed E-state index contributed by atoms with van der Waals surface area (Å²) in [5.74, 6) is -0.00210. The number of imidazole rings is 1. The van der Waals surface area contributed by atoms with E-state index in [1.165, 1.54) is 12.8 Å². The van der Waals surface area contributed by atoms with Crippen LogP contribution in [0.2, 0.25) is 0 Å². The number of anilines is 1. The molecule has 1 amide bonds. The first-order chi connectivity index (χ1) is 11.3. The van der Waals surface area contributed by atoms with Gasteiger partial charge in [0.25, 0.3) is 0 Å². The Labute approximate surface area is 158 Å². The largest absolute Gasteiger partial charge is 0.325 e. The fourth-order valence-electron chi connectivity index (χ4n) is 2.60. The predicted molar refractivity (Wildman–Crippen MR) is 105 cm³/mol. The third-order valence-corrected chi connectivity index (χ3v) is 4.01. The Morgan fingerprint density at radius 3 is 2.52 bits per heavy atom. The molecule has 25 heavy (non-hydrogen) atoms. The summed E-state index contributed by atoms with van der Waals surface area (Å²) in [6.07, 6.45) is 4.18. The van der Waals surface area contributed by atoms with Gasteiger partial charge in [0.05, 0.1) is 17.6 Å². The Morgan fingerprint density at radius 1 is 1.08 bits per heavy atom. The molecule has 1 heterocycles. The molecular formula is C18H20Cl2N4O. The van der Waals surface area contributed by atoms with Gasteiger partial charge in [-0.25, -0.2) is 4.98 Å². The van der Waals surface area contributed by atoms with Crippen molar-refractivity contribution in [2.45, 2.75) is 18.9 Å². The molecule has 1 fully saturated rings. The molecule has 5 nitrogen and oxygen atoms in total. The fraction of sp³-hybridized carbons (Fsp3) is 0.222. The maximum atomic E-state index is 11.8. The van der Waals surface area contributed by atoms with Crippen molar-refractivity contribution >= 4 is 47.4 Å². The van der Waals surface area contributed by atoms with Gasteiger partial charge in [-0.1, -0.05) is 12.1 Å². The highest BCUT2D eigenvalue weighted by molar-refractivity contribution is 5.92. The van der Waals surface area contributed by atoms with Crippen LogP contribution in [-0.4, -0.2) is 28.0 Å². The van der Waals surface area contributed by atoms with Crippen molar-refractivity contribution < 1.29 is 4.79 Å². The van der Waals surface area contributed by atoms with Crippen molar-refractivity contribution in [2.75, 3.05) is 11.9 Å². The highest BCUT2D eigenvalue weighted by Gasteiger charge is 2.21. The summed E-state index contributed by atoms with van der Waals surface area (Å²) in [4.78, 5) is 16.2. The number of amides is 1. The van der Waals surface area contributed by atoms with Crippen LogP contribution in [0.3, 0.4) is 0 Å². The van der Waals surface area contributed by atoms with Gasteiger partial charge < -0.3 is 10.6 Å². The molecule has 1 aliphatic carbocycles. The number of carbonyl (C=O) groups excluding carboxylic acids is 1. The number of hydrogen-bond acceptors (Lipinski definition) is 3. The number of halogens is 2. The highest BCUT2D eigenvalue weighted by Crippen LogP contribution is 2.20. The highest BCUT2D eigenvalue weighted by atomic mass is 35.5. The molecule has 1 saturated carbocycles. The van der Waals surface area contributed by atoms with E-state index < -0.39 is 0 Å². The molecule has 2 aromatic carbocycles. The lowest BCUT2D eigenvalue weighted by atomic mass is 10.2. The number of benzene rings is 2. The van der Waals surface area contributed by atoms with E-state index in [0.717, 1.165) is 22.4 Å². The first kappa shape index (κ1) is 19.2. The second-order valence-electron chi connectivity index (χ2n) is 5.85. The molecule has 132 valence electrons. The first-order valence-electron chi connectivity index (χ1n) is 7.85. The zero-order valence-corrected chi connectivity index (χ0v) is 15.1. The van der Waals surface area contributed by atoms with E-state index in [0.29, 0.717) is 12.6 Å². The number of nitrogens with zero attached hydrogens (tertiary/aromatic N) is 2. The van der Waals surface area contributed by atoms with Crippen LogP contribution in [0.1, 0.15) is 12.8 Å². The van der Waals surface area contributed by atoms with Crippen molar-refractivity contribution in [3.63, 3.8) is 0 Å². The van der Waals surface area contributed by atoms with E-state index >= 15 is 0 Å². The van der Waals surface area contributed by atoms with Crippen LogP contribution >= 0.6 is 24.8 Å². The van der Waals surface area contributed by atoms with Crippen molar-refractivity contribution in [3.05, 3.63) is 54.9 Å². The second kappa shape index (κ2) is 8.34. The Bertz CT molecular complexity index is 844. The summed E-state index contributed by atoms with van der Waals surface area (Å²) in [6.45, 7) is 0.374. The molecule has 0 spiro atoms. The maximum Gasteiger partial charge on any atom is 0.238 e. The van der Waals surface area contributed by atoms with Crippen LogP contribution in [0, 0.1) is 0 Å². The number of fused-ring (bicyclic) bond motifs is 1. The third-order valence-electron chi connectivity index (χ3n) is 4.01. The predicted octanol–water partition coefficient (Wildman–Crippen LogP) is 3.56. The summed E-state index contributed by atoms with van der Waals surface area (Å²) >= 11 is 0. The van der Waals surface area contributed by atoms with E-state index in [-0.39, 0.29) is 30.7 Å². The summed E-state index contributed by atoms with van der Waals surface area (Å²) in [7, 11) is 0. The van der Waals surface area contributed by atoms with Gasteiger partial charge in [0.15, 0.2) is 0 Å². The minimum atomic E-state index is -0.00210. The fourth-order valence-corrected chi connectivity index (χ4v) is 2.60. The van der Waals surface area contributed by atoms with Gasteiger partial charge in [0.1, 0.15) is 6.33 Å². The van der Waals surface area contributed by atoms with Crippen LogP contribution < -0.4 is 10.6 Å². The van der Waals surface area contributed by atoms with Crippen molar-refractivity contribution in [1.29, 1.82) is 0 Å². The number of carbonyl (C=O) groups is 1. The van der Waals surface area contributed by atoms with Gasteiger partial charge in [0.2, 0.25) is 5.91 Å². The molecule has 7 heteroatoms. The van der Waals surface area contributed by atoms with Gasteiger partial charge >= 0.3 is 0 Å². The minimum Gasteiger partial charge on any atom is -0.325 e. The van der Waals surface area contributed by atoms with Crippen molar-refractivity contribution in [1.82, 2.24) is 14.9 Å². The Hall–Kier alpha value is -2.08. The Balaban J connectivity index is 0.00000113. The molecule has 0 bridgehead atoms. The minimum absolute atomic E-state index is 0. The smallest absolute Gasteiger partial charge is 0.238 e. The molecule has 0 unspecified atom stereocenters. The molecule has 0 atom stereocenters. The topological polar surface area (TPSA) is 59.0 Å². The summed E-state index contributed by atoms with van der Waals surface area (Å²) in [5, 5.41) is 6.11. The number of para-hydroxylation sites is 2. The van der Waals surface area contributed by atoms with Gasteiger partial charge in [-0.05, 0) is 49.2 Å². The van der Waals surface area contributed by atoms with Gasteiger partial charge in [0, 0.05) is 17.4 Å². The average Bonchev–Trinajstić information content (AvgIpc) is 3.31. The van der Waals surface area contributed by atoms with Crippen LogP contribution in [0.5, 0.6) is 0 Å². The quantitative estimate of drug-likeness (QED) is 0.713. The lowest BCUT2D eigenvalue weighted by Crippen LogP contribution is -2.29. The van der Waals surface area contributed by atoms with Crippen LogP contribution in [0.15, 0.2) is 54.9 Å². The normalized spacial score (nSPS) is 13.0. The standard InChI is InChI=1S/C18H18N4O.2ClH/c23-18(11-19-13-5-6-13)21-14-7-9-15(10-8-14)22-12-20-16-3-1-2-4-17(16)22;;/h1-4,7-10,12-13,19H,5-6,11H2,(H,21,23);2*1H. The lowest BCUT2D eigenvalue weighted by Gasteiger charge is -2.08. The Morgan fingerprint density at radius 2 is 1.80 bits per heavy atom. The summed E-state index contributed by atoms with van der Waals surface area (Å²) in [5.41, 5.74) is 3.86. The first-order valence-corrected chi connectivity index (χ1v) is 7.85. The molecule has 0 saturated heterocycles. The van der Waals surface area contributed by atoms with Crippen LogP contribution in [0.4, 0.5) is 5.69 Å². The van der Waals surface area contributed by atoms with E-state index in [1.807, 2.05) is 59.4 Å².